The molecule has 0 aromatic heterocycles. The molecule has 1 fully saturated rings. The summed E-state index contributed by atoms with van der Waals surface area (Å²) in [4.78, 5) is 0. The second-order valence-corrected chi connectivity index (χ2v) is 3.93. The van der Waals surface area contributed by atoms with Gasteiger partial charge in [-0.25, -0.2) is 0 Å². The maximum atomic E-state index is 5.51. The summed E-state index contributed by atoms with van der Waals surface area (Å²) in [6.45, 7) is 4.06. The molecule has 1 saturated carbocycles. The van der Waals surface area contributed by atoms with E-state index in [4.69, 9.17) is 4.74 Å². The number of hydrogen-bond donors (Lipinski definition) is 0. The van der Waals surface area contributed by atoms with Crippen LogP contribution in [0.5, 0.6) is 5.75 Å². The minimum Gasteiger partial charge on any atom is -0.490 e. The Hall–Kier alpha value is -0.980. The smallest absolute Gasteiger partial charge is 0.127 e. The first-order valence-electron chi connectivity index (χ1n) is 4.94. The molecule has 1 radical (unpaired) electrons. The van der Waals surface area contributed by atoms with Crippen LogP contribution in [0, 0.1) is 6.07 Å². The second kappa shape index (κ2) is 3.41. The molecule has 0 spiro atoms. The Morgan fingerprint density at radius 2 is 2.15 bits per heavy atom. The van der Waals surface area contributed by atoms with E-state index in [0.717, 1.165) is 11.7 Å². The van der Waals surface area contributed by atoms with Gasteiger partial charge in [-0.1, -0.05) is 6.07 Å². The van der Waals surface area contributed by atoms with E-state index in [1.807, 2.05) is 19.9 Å². The summed E-state index contributed by atoms with van der Waals surface area (Å²) >= 11 is 0. The van der Waals surface area contributed by atoms with Gasteiger partial charge in [-0.05, 0) is 50.3 Å². The fourth-order valence-electron chi connectivity index (χ4n) is 1.42. The first kappa shape index (κ1) is 8.61. The van der Waals surface area contributed by atoms with E-state index in [1.54, 1.807) is 0 Å². The number of benzene rings is 1. The standard InChI is InChI=1S/C12H15O/c1-9(2)13-12-7-5-11(6-8-12)10-3-4-10/h5-7,9-10H,3-4H2,1-2H3. The second-order valence-electron chi connectivity index (χ2n) is 3.93. The molecule has 0 atom stereocenters. The Balaban J connectivity index is 2.04. The molecule has 1 aromatic rings. The van der Waals surface area contributed by atoms with Crippen LogP contribution < -0.4 is 4.74 Å². The quantitative estimate of drug-likeness (QED) is 0.685. The van der Waals surface area contributed by atoms with E-state index in [9.17, 15) is 0 Å². The van der Waals surface area contributed by atoms with Crippen molar-refractivity contribution in [2.75, 3.05) is 0 Å². The maximum Gasteiger partial charge on any atom is 0.127 e. The molecule has 0 unspecified atom stereocenters. The molecule has 0 aliphatic heterocycles. The predicted molar refractivity (Wildman–Crippen MR) is 53.0 cm³/mol. The van der Waals surface area contributed by atoms with Gasteiger partial charge in [-0.3, -0.25) is 0 Å². The van der Waals surface area contributed by atoms with Crippen molar-refractivity contribution in [3.05, 3.63) is 29.8 Å². The van der Waals surface area contributed by atoms with Gasteiger partial charge in [0.1, 0.15) is 5.75 Å². The average molecular weight is 175 g/mol. The highest BCUT2D eigenvalue weighted by Crippen LogP contribution is 2.40. The van der Waals surface area contributed by atoms with Crippen molar-refractivity contribution in [1.82, 2.24) is 0 Å². The normalized spacial score (nSPS) is 16.2. The van der Waals surface area contributed by atoms with Gasteiger partial charge < -0.3 is 4.74 Å². The summed E-state index contributed by atoms with van der Waals surface area (Å²) in [7, 11) is 0. The fourth-order valence-corrected chi connectivity index (χ4v) is 1.42. The van der Waals surface area contributed by atoms with Crippen molar-refractivity contribution >= 4 is 0 Å². The zero-order chi connectivity index (χ0) is 9.26. The Morgan fingerprint density at radius 3 is 2.62 bits per heavy atom. The van der Waals surface area contributed by atoms with Crippen molar-refractivity contribution in [3.8, 4) is 5.75 Å². The van der Waals surface area contributed by atoms with Crippen LogP contribution in [0.1, 0.15) is 38.2 Å². The molecule has 0 N–H and O–H groups in total. The highest BCUT2D eigenvalue weighted by Gasteiger charge is 2.23. The van der Waals surface area contributed by atoms with Crippen LogP contribution in [-0.4, -0.2) is 6.10 Å². The Labute approximate surface area is 79.7 Å². The van der Waals surface area contributed by atoms with Gasteiger partial charge >= 0.3 is 0 Å². The Kier molecular flexibility index (Phi) is 2.26. The SMILES string of the molecule is CC(C)Oc1[c]cc(C2CC2)cc1. The molecule has 1 aliphatic carbocycles. The van der Waals surface area contributed by atoms with Crippen LogP contribution in [0.2, 0.25) is 0 Å². The summed E-state index contributed by atoms with van der Waals surface area (Å²) in [5.41, 5.74) is 1.41. The van der Waals surface area contributed by atoms with Crippen LogP contribution in [0.4, 0.5) is 0 Å². The van der Waals surface area contributed by atoms with Crippen molar-refractivity contribution in [2.24, 2.45) is 0 Å². The molecule has 0 bridgehead atoms. The van der Waals surface area contributed by atoms with Crippen LogP contribution >= 0.6 is 0 Å². The fraction of sp³-hybridized carbons (Fsp3) is 0.500. The molecule has 1 heteroatoms. The number of hydrogen-bond acceptors (Lipinski definition) is 1. The van der Waals surface area contributed by atoms with Crippen molar-refractivity contribution in [3.63, 3.8) is 0 Å². The van der Waals surface area contributed by atoms with E-state index in [1.165, 1.54) is 18.4 Å². The summed E-state index contributed by atoms with van der Waals surface area (Å²) in [5.74, 6) is 1.67. The largest absolute Gasteiger partial charge is 0.490 e. The van der Waals surface area contributed by atoms with Gasteiger partial charge in [-0.2, -0.15) is 0 Å². The molecule has 1 nitrogen and oxygen atoms in total. The Morgan fingerprint density at radius 1 is 1.38 bits per heavy atom. The van der Waals surface area contributed by atoms with Crippen molar-refractivity contribution in [2.45, 2.75) is 38.7 Å². The molecular formula is C12H15O. The van der Waals surface area contributed by atoms with Gasteiger partial charge in [0.2, 0.25) is 0 Å². The summed E-state index contributed by atoms with van der Waals surface area (Å²) in [6, 6.07) is 9.41. The molecule has 2 rings (SSSR count). The topological polar surface area (TPSA) is 9.23 Å². The van der Waals surface area contributed by atoms with Gasteiger partial charge in [0.05, 0.1) is 6.10 Å². The van der Waals surface area contributed by atoms with Gasteiger partial charge in [-0.15, -0.1) is 0 Å². The number of ether oxygens (including phenoxy) is 1. The van der Waals surface area contributed by atoms with E-state index < -0.39 is 0 Å². The molecule has 13 heavy (non-hydrogen) atoms. The van der Waals surface area contributed by atoms with E-state index in [0.29, 0.717) is 0 Å². The molecule has 1 aliphatic rings. The zero-order valence-electron chi connectivity index (χ0n) is 8.21. The first-order chi connectivity index (χ1) is 6.25. The summed E-state index contributed by atoms with van der Waals surface area (Å²) < 4.78 is 5.51. The number of rotatable bonds is 3. The predicted octanol–water partition coefficient (Wildman–Crippen LogP) is 3.15. The van der Waals surface area contributed by atoms with E-state index in [-0.39, 0.29) is 6.10 Å². The lowest BCUT2D eigenvalue weighted by molar-refractivity contribution is 0.242. The van der Waals surface area contributed by atoms with Gasteiger partial charge in [0.15, 0.2) is 0 Å². The lowest BCUT2D eigenvalue weighted by Gasteiger charge is -2.09. The third-order valence-electron chi connectivity index (χ3n) is 2.22. The van der Waals surface area contributed by atoms with Crippen LogP contribution in [0.3, 0.4) is 0 Å². The molecule has 1 aromatic carbocycles. The van der Waals surface area contributed by atoms with E-state index >= 15 is 0 Å². The maximum absolute atomic E-state index is 5.51. The van der Waals surface area contributed by atoms with Crippen molar-refractivity contribution < 1.29 is 4.74 Å². The molecule has 0 saturated heterocycles. The highest BCUT2D eigenvalue weighted by atomic mass is 16.5. The monoisotopic (exact) mass is 175 g/mol. The zero-order valence-corrected chi connectivity index (χ0v) is 8.21. The average Bonchev–Trinajstić information content (AvgIpc) is 2.87. The first-order valence-corrected chi connectivity index (χ1v) is 4.94. The van der Waals surface area contributed by atoms with Crippen LogP contribution in [-0.2, 0) is 0 Å². The summed E-state index contributed by atoms with van der Waals surface area (Å²) in [6.07, 6.45) is 2.93. The third-order valence-corrected chi connectivity index (χ3v) is 2.22. The minimum atomic E-state index is 0.239. The Bertz CT molecular complexity index is 270. The van der Waals surface area contributed by atoms with Gasteiger partial charge in [0, 0.05) is 6.07 Å². The highest BCUT2D eigenvalue weighted by molar-refractivity contribution is 5.30. The molecule has 69 valence electrons. The molecular weight excluding hydrogens is 160 g/mol. The molecule has 0 amide bonds. The lowest BCUT2D eigenvalue weighted by Crippen LogP contribution is -2.05. The molecule has 0 heterocycles. The lowest BCUT2D eigenvalue weighted by atomic mass is 10.1. The van der Waals surface area contributed by atoms with Crippen LogP contribution in [0.15, 0.2) is 18.2 Å². The van der Waals surface area contributed by atoms with Crippen molar-refractivity contribution in [1.29, 1.82) is 0 Å². The van der Waals surface area contributed by atoms with Crippen LogP contribution in [0.25, 0.3) is 0 Å². The minimum absolute atomic E-state index is 0.239. The summed E-state index contributed by atoms with van der Waals surface area (Å²) in [5, 5.41) is 0. The van der Waals surface area contributed by atoms with Gasteiger partial charge in [0.25, 0.3) is 0 Å². The third kappa shape index (κ3) is 2.24. The van der Waals surface area contributed by atoms with E-state index in [2.05, 4.69) is 18.2 Å².